The van der Waals surface area contributed by atoms with E-state index in [-0.39, 0.29) is 11.9 Å². The Kier molecular flexibility index (Phi) is 4.18. The van der Waals surface area contributed by atoms with Crippen molar-refractivity contribution in [2.24, 2.45) is 21.5 Å². The third-order valence-electron chi connectivity index (χ3n) is 5.36. The summed E-state index contributed by atoms with van der Waals surface area (Å²) < 4.78 is 0. The van der Waals surface area contributed by atoms with Gasteiger partial charge in [0.15, 0.2) is 0 Å². The number of rotatable bonds is 2. The van der Waals surface area contributed by atoms with Gasteiger partial charge in [-0.2, -0.15) is 4.99 Å². The minimum absolute atomic E-state index is 0.0544. The molecule has 2 heterocycles. The Morgan fingerprint density at radius 2 is 1.73 bits per heavy atom. The molecule has 2 aliphatic heterocycles. The van der Waals surface area contributed by atoms with Gasteiger partial charge >= 0.3 is 0 Å². The lowest BCUT2D eigenvalue weighted by atomic mass is 9.87. The van der Waals surface area contributed by atoms with Gasteiger partial charge in [-0.3, -0.25) is 9.69 Å². The first-order chi connectivity index (χ1) is 12.6. The number of nitrogens with two attached hydrogens (primary N) is 2. The topological polar surface area (TPSA) is 112 Å². The highest BCUT2D eigenvalue weighted by atomic mass is 16.2. The van der Waals surface area contributed by atoms with E-state index in [1.165, 1.54) is 6.42 Å². The molecule has 1 saturated heterocycles. The van der Waals surface area contributed by atoms with E-state index < -0.39 is 5.66 Å². The van der Waals surface area contributed by atoms with Crippen LogP contribution in [0.3, 0.4) is 0 Å². The maximum Gasteiger partial charge on any atom is 0.239 e. The van der Waals surface area contributed by atoms with Crippen molar-refractivity contribution >= 4 is 29.2 Å². The number of piperazine rings is 1. The van der Waals surface area contributed by atoms with Crippen LogP contribution in [-0.4, -0.2) is 43.1 Å². The average molecular weight is 355 g/mol. The average Bonchev–Trinajstić information content (AvgIpc) is 2.62. The molecule has 1 aliphatic carbocycles. The van der Waals surface area contributed by atoms with Crippen LogP contribution in [0.5, 0.6) is 0 Å². The van der Waals surface area contributed by atoms with Crippen LogP contribution < -0.4 is 26.6 Å². The van der Waals surface area contributed by atoms with Crippen molar-refractivity contribution in [1.29, 1.82) is 0 Å². The molecule has 0 unspecified atom stereocenters. The first kappa shape index (κ1) is 16.7. The molecule has 0 bridgehead atoms. The van der Waals surface area contributed by atoms with Crippen LogP contribution in [0.2, 0.25) is 0 Å². The third kappa shape index (κ3) is 2.95. The zero-order chi connectivity index (χ0) is 18.1. The molecule has 0 radical (unpaired) electrons. The van der Waals surface area contributed by atoms with E-state index in [9.17, 15) is 4.79 Å². The first-order valence-electron chi connectivity index (χ1n) is 9.19. The summed E-state index contributed by atoms with van der Waals surface area (Å²) in [5.74, 6) is 0.708. The Bertz CT molecular complexity index is 749. The van der Waals surface area contributed by atoms with E-state index >= 15 is 0 Å². The lowest BCUT2D eigenvalue weighted by molar-refractivity contribution is -0.120. The summed E-state index contributed by atoms with van der Waals surface area (Å²) in [5.41, 5.74) is 13.7. The molecule has 138 valence electrons. The molecule has 1 aromatic rings. The Morgan fingerprint density at radius 3 is 2.42 bits per heavy atom. The number of amides is 1. The number of anilines is 2. The zero-order valence-corrected chi connectivity index (χ0v) is 14.8. The number of nitrogens with one attached hydrogen (secondary N) is 1. The standard InChI is InChI=1S/C18H25N7O/c19-16-22-17(20)25(18(23-16)8-2-1-3-9-18)14-6-4-13(5-7-14)24-11-10-21-15(26)12-24/h4-7H,1-3,8-12H2,(H,21,26)(H4,19,20,22,23). The molecule has 1 aromatic carbocycles. The number of hydrogen-bond donors (Lipinski definition) is 3. The van der Waals surface area contributed by atoms with Crippen LogP contribution in [0, 0.1) is 0 Å². The molecule has 26 heavy (non-hydrogen) atoms. The van der Waals surface area contributed by atoms with Crippen molar-refractivity contribution in [3.63, 3.8) is 0 Å². The number of carbonyl (C=O) groups is 1. The van der Waals surface area contributed by atoms with Gasteiger partial charge in [0.2, 0.25) is 17.8 Å². The number of guanidine groups is 2. The van der Waals surface area contributed by atoms with Crippen LogP contribution >= 0.6 is 0 Å². The summed E-state index contributed by atoms with van der Waals surface area (Å²) in [6.45, 7) is 1.87. The van der Waals surface area contributed by atoms with Gasteiger partial charge in [0.25, 0.3) is 0 Å². The van der Waals surface area contributed by atoms with E-state index in [4.69, 9.17) is 16.5 Å². The Balaban J connectivity index is 1.63. The predicted octanol–water partition coefficient (Wildman–Crippen LogP) is 0.733. The molecule has 0 atom stereocenters. The second-order valence-corrected chi connectivity index (χ2v) is 7.11. The molecular weight excluding hydrogens is 330 g/mol. The molecule has 1 spiro atoms. The van der Waals surface area contributed by atoms with Gasteiger partial charge in [0.05, 0.1) is 6.54 Å². The van der Waals surface area contributed by atoms with Crippen molar-refractivity contribution in [3.05, 3.63) is 24.3 Å². The number of aliphatic imine (C=N–C) groups is 2. The second-order valence-electron chi connectivity index (χ2n) is 7.11. The SMILES string of the molecule is NC1=NC2(CCCCC2)N(c2ccc(N3CCNC(=O)C3)cc2)C(N)=N1. The van der Waals surface area contributed by atoms with E-state index in [1.807, 2.05) is 29.2 Å². The fourth-order valence-electron chi connectivity index (χ4n) is 4.17. The highest BCUT2D eigenvalue weighted by molar-refractivity contribution is 6.05. The monoisotopic (exact) mass is 355 g/mol. The van der Waals surface area contributed by atoms with Gasteiger partial charge in [-0.1, -0.05) is 6.42 Å². The van der Waals surface area contributed by atoms with Crippen LogP contribution in [0.4, 0.5) is 11.4 Å². The molecule has 2 fully saturated rings. The Labute approximate surface area is 152 Å². The molecule has 8 nitrogen and oxygen atoms in total. The van der Waals surface area contributed by atoms with Crippen LogP contribution in [0.15, 0.2) is 34.3 Å². The van der Waals surface area contributed by atoms with E-state index in [0.29, 0.717) is 19.0 Å². The summed E-state index contributed by atoms with van der Waals surface area (Å²) in [6, 6.07) is 8.11. The van der Waals surface area contributed by atoms with E-state index in [2.05, 4.69) is 15.2 Å². The van der Waals surface area contributed by atoms with Crippen molar-refractivity contribution in [2.45, 2.75) is 37.8 Å². The number of nitrogens with zero attached hydrogens (tertiary/aromatic N) is 4. The lowest BCUT2D eigenvalue weighted by Crippen LogP contribution is -2.58. The molecule has 5 N–H and O–H groups in total. The maximum atomic E-state index is 11.6. The number of carbonyl (C=O) groups excluding carboxylic acids is 1. The third-order valence-corrected chi connectivity index (χ3v) is 5.36. The van der Waals surface area contributed by atoms with E-state index in [0.717, 1.165) is 43.6 Å². The van der Waals surface area contributed by atoms with Crippen LogP contribution in [0.25, 0.3) is 0 Å². The lowest BCUT2D eigenvalue weighted by Gasteiger charge is -2.45. The fourth-order valence-corrected chi connectivity index (χ4v) is 4.17. The van der Waals surface area contributed by atoms with Gasteiger partial charge in [0.1, 0.15) is 5.66 Å². The van der Waals surface area contributed by atoms with Gasteiger partial charge < -0.3 is 21.7 Å². The van der Waals surface area contributed by atoms with Crippen molar-refractivity contribution in [1.82, 2.24) is 5.32 Å². The van der Waals surface area contributed by atoms with Crippen LogP contribution in [0.1, 0.15) is 32.1 Å². The second kappa shape index (κ2) is 6.51. The Hall–Kier alpha value is -2.77. The minimum atomic E-state index is -0.430. The van der Waals surface area contributed by atoms with Gasteiger partial charge in [-0.25, -0.2) is 4.99 Å². The fraction of sp³-hybridized carbons (Fsp3) is 0.500. The first-order valence-corrected chi connectivity index (χ1v) is 9.19. The van der Waals surface area contributed by atoms with Crippen molar-refractivity contribution in [2.75, 3.05) is 29.4 Å². The molecule has 1 saturated carbocycles. The van der Waals surface area contributed by atoms with Crippen molar-refractivity contribution < 1.29 is 4.79 Å². The summed E-state index contributed by atoms with van der Waals surface area (Å²) >= 11 is 0. The molecular formula is C18H25N7O. The largest absolute Gasteiger partial charge is 0.369 e. The molecule has 0 aromatic heterocycles. The molecule has 8 heteroatoms. The highest BCUT2D eigenvalue weighted by Gasteiger charge is 2.42. The summed E-state index contributed by atoms with van der Waals surface area (Å²) in [4.78, 5) is 24.6. The summed E-state index contributed by atoms with van der Waals surface area (Å²) in [7, 11) is 0. The molecule has 4 rings (SSSR count). The highest BCUT2D eigenvalue weighted by Crippen LogP contribution is 2.39. The van der Waals surface area contributed by atoms with Gasteiger partial charge in [0, 0.05) is 24.5 Å². The van der Waals surface area contributed by atoms with Crippen LogP contribution in [-0.2, 0) is 4.79 Å². The Morgan fingerprint density at radius 1 is 1.04 bits per heavy atom. The smallest absolute Gasteiger partial charge is 0.239 e. The number of benzene rings is 1. The number of hydrogen-bond acceptors (Lipinski definition) is 7. The van der Waals surface area contributed by atoms with Crippen molar-refractivity contribution in [3.8, 4) is 0 Å². The quantitative estimate of drug-likeness (QED) is 0.724. The van der Waals surface area contributed by atoms with E-state index in [1.54, 1.807) is 0 Å². The van der Waals surface area contributed by atoms with Gasteiger partial charge in [-0.15, -0.1) is 0 Å². The molecule has 1 amide bonds. The predicted molar refractivity (Wildman–Crippen MR) is 103 cm³/mol. The normalized spacial score (nSPS) is 22.7. The summed E-state index contributed by atoms with van der Waals surface area (Å²) in [6.07, 6.45) is 5.23. The maximum absolute atomic E-state index is 11.6. The minimum Gasteiger partial charge on any atom is -0.369 e. The zero-order valence-electron chi connectivity index (χ0n) is 14.8. The summed E-state index contributed by atoms with van der Waals surface area (Å²) in [5, 5.41) is 2.85. The molecule has 3 aliphatic rings. The van der Waals surface area contributed by atoms with Gasteiger partial charge in [-0.05, 0) is 49.9 Å².